The van der Waals surface area contributed by atoms with Gasteiger partial charge in [0.1, 0.15) is 0 Å². The van der Waals surface area contributed by atoms with Crippen LogP contribution in [0.3, 0.4) is 0 Å². The molecule has 0 radical (unpaired) electrons. The van der Waals surface area contributed by atoms with Crippen molar-refractivity contribution in [2.24, 2.45) is 10.4 Å². The molecule has 1 aliphatic heterocycles. The van der Waals surface area contributed by atoms with E-state index in [1.54, 1.807) is 14.2 Å². The van der Waals surface area contributed by atoms with E-state index in [9.17, 15) is 0 Å². The van der Waals surface area contributed by atoms with Crippen molar-refractivity contribution in [1.82, 2.24) is 10.2 Å². The minimum atomic E-state index is 0.337. The van der Waals surface area contributed by atoms with Crippen LogP contribution >= 0.6 is 0 Å². The number of benzene rings is 1. The maximum absolute atomic E-state index is 5.65. The summed E-state index contributed by atoms with van der Waals surface area (Å²) in [4.78, 5) is 6.74. The highest BCUT2D eigenvalue weighted by Gasteiger charge is 2.30. The van der Waals surface area contributed by atoms with Crippen molar-refractivity contribution < 1.29 is 14.2 Å². The van der Waals surface area contributed by atoms with E-state index in [1.165, 1.54) is 6.42 Å². The highest BCUT2D eigenvalue weighted by molar-refractivity contribution is 5.80. The van der Waals surface area contributed by atoms with E-state index >= 15 is 0 Å². The molecular weight excluding hydrogens is 318 g/mol. The lowest BCUT2D eigenvalue weighted by molar-refractivity contribution is 0.288. The summed E-state index contributed by atoms with van der Waals surface area (Å²) in [5, 5.41) is 3.44. The zero-order valence-corrected chi connectivity index (χ0v) is 16.3. The molecule has 1 saturated heterocycles. The summed E-state index contributed by atoms with van der Waals surface area (Å²) in [5.41, 5.74) is 1.39. The van der Waals surface area contributed by atoms with Crippen LogP contribution in [-0.4, -0.2) is 51.8 Å². The number of hydrogen-bond acceptors (Lipinski definition) is 4. The Labute approximate surface area is 151 Å². The molecule has 0 spiro atoms. The van der Waals surface area contributed by atoms with Gasteiger partial charge in [0, 0.05) is 26.7 Å². The van der Waals surface area contributed by atoms with Gasteiger partial charge in [-0.3, -0.25) is 4.99 Å². The molecule has 0 aromatic heterocycles. The standard InChI is InChI=1S/C19H31N3O3/c1-7-25-17-15(23-5)10-14(11-16(17)24-6)12-21-18(20-4)22-9-8-19(2,3)13-22/h10-11H,7-9,12-13H2,1-6H3,(H,20,21). The van der Waals surface area contributed by atoms with Crippen LogP contribution in [0.15, 0.2) is 17.1 Å². The molecule has 0 amide bonds. The molecule has 2 rings (SSSR count). The minimum Gasteiger partial charge on any atom is -0.493 e. The van der Waals surface area contributed by atoms with E-state index in [1.807, 2.05) is 26.1 Å². The molecule has 25 heavy (non-hydrogen) atoms. The maximum atomic E-state index is 5.65. The fraction of sp³-hybridized carbons (Fsp3) is 0.632. The third-order valence-electron chi connectivity index (χ3n) is 4.45. The molecule has 6 nitrogen and oxygen atoms in total. The van der Waals surface area contributed by atoms with E-state index in [0.29, 0.717) is 35.8 Å². The molecule has 1 aromatic rings. The predicted octanol–water partition coefficient (Wildman–Crippen LogP) is 2.91. The normalized spacial score (nSPS) is 16.7. The molecule has 0 saturated carbocycles. The molecule has 1 heterocycles. The summed E-state index contributed by atoms with van der Waals surface area (Å²) in [6.07, 6.45) is 1.18. The smallest absolute Gasteiger partial charge is 0.203 e. The van der Waals surface area contributed by atoms with Crippen LogP contribution in [0.1, 0.15) is 32.8 Å². The highest BCUT2D eigenvalue weighted by Crippen LogP contribution is 2.38. The summed E-state index contributed by atoms with van der Waals surface area (Å²) in [7, 11) is 5.10. The second-order valence-corrected chi connectivity index (χ2v) is 7.00. The van der Waals surface area contributed by atoms with E-state index in [4.69, 9.17) is 14.2 Å². The Morgan fingerprint density at radius 1 is 1.24 bits per heavy atom. The summed E-state index contributed by atoms with van der Waals surface area (Å²) in [5.74, 6) is 2.92. The molecule has 0 unspecified atom stereocenters. The first-order valence-electron chi connectivity index (χ1n) is 8.77. The van der Waals surface area contributed by atoms with Crippen molar-refractivity contribution in [2.45, 2.75) is 33.7 Å². The van der Waals surface area contributed by atoms with Crippen LogP contribution in [-0.2, 0) is 6.54 Å². The van der Waals surface area contributed by atoms with Gasteiger partial charge < -0.3 is 24.4 Å². The first-order chi connectivity index (χ1) is 11.9. The van der Waals surface area contributed by atoms with Crippen LogP contribution in [0.2, 0.25) is 0 Å². The van der Waals surface area contributed by atoms with Crippen molar-refractivity contribution in [3.8, 4) is 17.2 Å². The third-order valence-corrected chi connectivity index (χ3v) is 4.45. The molecule has 6 heteroatoms. The number of rotatable bonds is 6. The summed E-state index contributed by atoms with van der Waals surface area (Å²) in [6, 6.07) is 3.95. The average molecular weight is 349 g/mol. The van der Waals surface area contributed by atoms with Crippen molar-refractivity contribution >= 4 is 5.96 Å². The fourth-order valence-corrected chi connectivity index (χ4v) is 3.13. The van der Waals surface area contributed by atoms with Gasteiger partial charge in [-0.25, -0.2) is 0 Å². The average Bonchev–Trinajstić information content (AvgIpc) is 2.96. The largest absolute Gasteiger partial charge is 0.493 e. The van der Waals surface area contributed by atoms with Crippen molar-refractivity contribution in [3.63, 3.8) is 0 Å². The summed E-state index contributed by atoms with van der Waals surface area (Å²) in [6.45, 7) is 9.77. The molecule has 0 bridgehead atoms. The van der Waals surface area contributed by atoms with Crippen LogP contribution < -0.4 is 19.5 Å². The van der Waals surface area contributed by atoms with Crippen molar-refractivity contribution in [2.75, 3.05) is 41.0 Å². The Bertz CT molecular complexity index is 589. The second-order valence-electron chi connectivity index (χ2n) is 7.00. The van der Waals surface area contributed by atoms with Gasteiger partial charge in [-0.15, -0.1) is 0 Å². The summed E-state index contributed by atoms with van der Waals surface area (Å²) < 4.78 is 16.6. The topological polar surface area (TPSA) is 55.3 Å². The number of ether oxygens (including phenoxy) is 3. The van der Waals surface area contributed by atoms with Crippen LogP contribution in [0.25, 0.3) is 0 Å². The van der Waals surface area contributed by atoms with Crippen molar-refractivity contribution in [3.05, 3.63) is 17.7 Å². The molecule has 1 fully saturated rings. The molecule has 0 aliphatic carbocycles. The lowest BCUT2D eigenvalue weighted by Gasteiger charge is -2.24. The van der Waals surface area contributed by atoms with E-state index in [0.717, 1.165) is 24.6 Å². The zero-order valence-electron chi connectivity index (χ0n) is 16.3. The van der Waals surface area contributed by atoms with E-state index in [-0.39, 0.29) is 0 Å². The van der Waals surface area contributed by atoms with Gasteiger partial charge in [0.25, 0.3) is 0 Å². The molecule has 1 N–H and O–H groups in total. The zero-order chi connectivity index (χ0) is 18.4. The van der Waals surface area contributed by atoms with E-state index in [2.05, 4.69) is 29.1 Å². The number of nitrogens with zero attached hydrogens (tertiary/aromatic N) is 2. The lowest BCUT2D eigenvalue weighted by Crippen LogP contribution is -2.40. The Balaban J connectivity index is 2.11. The van der Waals surface area contributed by atoms with Gasteiger partial charge in [0.2, 0.25) is 5.75 Å². The third kappa shape index (κ3) is 4.71. The number of nitrogens with one attached hydrogen (secondary N) is 1. The Kier molecular flexibility index (Phi) is 6.39. The number of guanidine groups is 1. The predicted molar refractivity (Wildman–Crippen MR) is 101 cm³/mol. The van der Waals surface area contributed by atoms with E-state index < -0.39 is 0 Å². The molecular formula is C19H31N3O3. The fourth-order valence-electron chi connectivity index (χ4n) is 3.13. The van der Waals surface area contributed by atoms with Crippen LogP contribution in [0.4, 0.5) is 0 Å². The SMILES string of the molecule is CCOc1c(OC)cc(CNC(=NC)N2CCC(C)(C)C2)cc1OC. The Hall–Kier alpha value is -2.11. The van der Waals surface area contributed by atoms with Gasteiger partial charge >= 0.3 is 0 Å². The highest BCUT2D eigenvalue weighted by atomic mass is 16.5. The minimum absolute atomic E-state index is 0.337. The summed E-state index contributed by atoms with van der Waals surface area (Å²) >= 11 is 0. The number of aliphatic imine (C=N–C) groups is 1. The van der Waals surface area contributed by atoms with Gasteiger partial charge in [-0.05, 0) is 36.5 Å². The first-order valence-corrected chi connectivity index (χ1v) is 8.77. The van der Waals surface area contributed by atoms with Gasteiger partial charge in [-0.1, -0.05) is 13.8 Å². The van der Waals surface area contributed by atoms with Crippen molar-refractivity contribution in [1.29, 1.82) is 0 Å². The monoisotopic (exact) mass is 349 g/mol. The van der Waals surface area contributed by atoms with Crippen LogP contribution in [0.5, 0.6) is 17.2 Å². The lowest BCUT2D eigenvalue weighted by atomic mass is 9.93. The number of methoxy groups -OCH3 is 2. The van der Waals surface area contributed by atoms with Gasteiger partial charge in [0.05, 0.1) is 20.8 Å². The first kappa shape index (κ1) is 19.2. The quantitative estimate of drug-likeness (QED) is 0.632. The Morgan fingerprint density at radius 3 is 2.32 bits per heavy atom. The number of hydrogen-bond donors (Lipinski definition) is 1. The second kappa shape index (κ2) is 8.32. The molecule has 1 aromatic carbocycles. The molecule has 0 atom stereocenters. The maximum Gasteiger partial charge on any atom is 0.203 e. The molecule has 140 valence electrons. The molecule has 1 aliphatic rings. The Morgan fingerprint density at radius 2 is 1.88 bits per heavy atom. The van der Waals surface area contributed by atoms with Crippen LogP contribution in [0, 0.1) is 5.41 Å². The number of likely N-dealkylation sites (tertiary alicyclic amines) is 1. The van der Waals surface area contributed by atoms with Gasteiger partial charge in [-0.2, -0.15) is 0 Å². The van der Waals surface area contributed by atoms with Gasteiger partial charge in [0.15, 0.2) is 17.5 Å².